The van der Waals surface area contributed by atoms with E-state index in [9.17, 15) is 9.59 Å². The average Bonchev–Trinajstić information content (AvgIpc) is 2.77. The molecule has 2 aromatic carbocycles. The fraction of sp³-hybridized carbons (Fsp3) is 0.250. The maximum Gasteiger partial charge on any atom is 0.313 e. The van der Waals surface area contributed by atoms with Crippen LogP contribution in [0.1, 0.15) is 35.2 Å². The molecule has 1 aliphatic rings. The summed E-state index contributed by atoms with van der Waals surface area (Å²) in [6.45, 7) is 2.11. The Hall–Kier alpha value is -2.16. The summed E-state index contributed by atoms with van der Waals surface area (Å²) >= 11 is 0. The van der Waals surface area contributed by atoms with Crippen LogP contribution in [0.4, 0.5) is 0 Å². The molecule has 3 heteroatoms. The van der Waals surface area contributed by atoms with Crippen molar-refractivity contribution >= 4 is 22.5 Å². The maximum absolute atomic E-state index is 12.2. The number of carbonyl (C=O) groups excluding carboxylic acids is 2. The number of benzene rings is 2. The normalized spacial score (nSPS) is 17.5. The number of esters is 1. The molecule has 1 atom stereocenters. The van der Waals surface area contributed by atoms with E-state index in [0.29, 0.717) is 12.2 Å². The summed E-state index contributed by atoms with van der Waals surface area (Å²) in [4.78, 5) is 24.1. The zero-order valence-corrected chi connectivity index (χ0v) is 10.7. The van der Waals surface area contributed by atoms with Crippen molar-refractivity contribution in [2.75, 3.05) is 6.61 Å². The number of ketones is 1. The summed E-state index contributed by atoms with van der Waals surface area (Å²) in [5, 5.41) is 1.95. The molecule has 0 amide bonds. The van der Waals surface area contributed by atoms with Gasteiger partial charge in [0.1, 0.15) is 0 Å². The number of carbonyl (C=O) groups is 2. The van der Waals surface area contributed by atoms with Crippen molar-refractivity contribution < 1.29 is 14.3 Å². The second kappa shape index (κ2) is 4.50. The van der Waals surface area contributed by atoms with Crippen molar-refractivity contribution in [2.45, 2.75) is 19.3 Å². The highest BCUT2D eigenvalue weighted by atomic mass is 16.5. The molecule has 0 radical (unpaired) electrons. The first kappa shape index (κ1) is 11.9. The molecule has 0 N–H and O–H groups in total. The summed E-state index contributed by atoms with van der Waals surface area (Å²) in [5.74, 6) is -0.707. The molecule has 19 heavy (non-hydrogen) atoms. The minimum absolute atomic E-state index is 0.0323. The van der Waals surface area contributed by atoms with E-state index in [1.165, 1.54) is 0 Å². The largest absolute Gasteiger partial charge is 0.466 e. The van der Waals surface area contributed by atoms with Crippen LogP contribution in [0.2, 0.25) is 0 Å². The average molecular weight is 254 g/mol. The second-order valence-corrected chi connectivity index (χ2v) is 4.68. The van der Waals surface area contributed by atoms with Gasteiger partial charge >= 0.3 is 5.97 Å². The Kier molecular flexibility index (Phi) is 2.82. The molecule has 0 bridgehead atoms. The van der Waals surface area contributed by atoms with Gasteiger partial charge in [-0.15, -0.1) is 0 Å². The molecule has 1 unspecified atom stereocenters. The summed E-state index contributed by atoms with van der Waals surface area (Å²) in [6.07, 6.45) is 0.224. The van der Waals surface area contributed by atoms with Gasteiger partial charge in [0.2, 0.25) is 0 Å². The predicted octanol–water partition coefficient (Wildman–Crippen LogP) is 3.07. The minimum atomic E-state index is -0.438. The predicted molar refractivity (Wildman–Crippen MR) is 72.3 cm³/mol. The topological polar surface area (TPSA) is 43.4 Å². The first-order valence-corrected chi connectivity index (χ1v) is 6.44. The summed E-state index contributed by atoms with van der Waals surface area (Å²) in [5.41, 5.74) is 1.50. The number of hydrogen-bond acceptors (Lipinski definition) is 3. The monoisotopic (exact) mass is 254 g/mol. The molecule has 3 nitrogen and oxygen atoms in total. The van der Waals surface area contributed by atoms with Gasteiger partial charge in [-0.05, 0) is 23.3 Å². The van der Waals surface area contributed by atoms with Crippen molar-refractivity contribution in [1.29, 1.82) is 0 Å². The van der Waals surface area contributed by atoms with E-state index >= 15 is 0 Å². The molecule has 96 valence electrons. The molecule has 0 aliphatic heterocycles. The Morgan fingerprint density at radius 3 is 2.84 bits per heavy atom. The number of Topliss-reactive ketones (excluding diaryl/α,β-unsaturated/α-hetero) is 1. The Labute approximate surface area is 111 Å². The quantitative estimate of drug-likeness (QED) is 0.773. The minimum Gasteiger partial charge on any atom is -0.466 e. The van der Waals surface area contributed by atoms with Gasteiger partial charge in [-0.2, -0.15) is 0 Å². The lowest BCUT2D eigenvalue weighted by molar-refractivity contribution is -0.144. The Morgan fingerprint density at radius 2 is 2.05 bits per heavy atom. The molecule has 0 saturated carbocycles. The zero-order valence-electron chi connectivity index (χ0n) is 10.7. The first-order valence-electron chi connectivity index (χ1n) is 6.44. The van der Waals surface area contributed by atoms with Crippen LogP contribution in [-0.4, -0.2) is 18.4 Å². The van der Waals surface area contributed by atoms with Gasteiger partial charge in [-0.3, -0.25) is 9.59 Å². The van der Waals surface area contributed by atoms with E-state index in [1.54, 1.807) is 6.92 Å². The van der Waals surface area contributed by atoms with E-state index < -0.39 is 5.92 Å². The highest BCUT2D eigenvalue weighted by Crippen LogP contribution is 2.38. The smallest absolute Gasteiger partial charge is 0.313 e. The van der Waals surface area contributed by atoms with E-state index in [2.05, 4.69) is 0 Å². The Morgan fingerprint density at radius 1 is 1.26 bits per heavy atom. The molecule has 0 aromatic heterocycles. The first-order chi connectivity index (χ1) is 9.22. The van der Waals surface area contributed by atoms with E-state index in [0.717, 1.165) is 16.3 Å². The molecule has 2 aromatic rings. The lowest BCUT2D eigenvalue weighted by Gasteiger charge is -2.10. The van der Waals surface area contributed by atoms with E-state index in [-0.39, 0.29) is 18.2 Å². The molecule has 1 aliphatic carbocycles. The van der Waals surface area contributed by atoms with Gasteiger partial charge in [0.05, 0.1) is 12.5 Å². The van der Waals surface area contributed by atoms with Gasteiger partial charge in [0, 0.05) is 12.0 Å². The fourth-order valence-electron chi connectivity index (χ4n) is 2.74. The Balaban J connectivity index is 2.16. The third-order valence-electron chi connectivity index (χ3n) is 3.58. The van der Waals surface area contributed by atoms with Crippen LogP contribution >= 0.6 is 0 Å². The van der Waals surface area contributed by atoms with Gasteiger partial charge < -0.3 is 4.74 Å². The lowest BCUT2D eigenvalue weighted by Crippen LogP contribution is -2.13. The van der Waals surface area contributed by atoms with Crippen LogP contribution < -0.4 is 0 Å². The van der Waals surface area contributed by atoms with Crippen molar-refractivity contribution in [3.05, 3.63) is 47.5 Å². The molecular weight excluding hydrogens is 240 g/mol. The Bertz CT molecular complexity index is 673. The highest BCUT2D eigenvalue weighted by Gasteiger charge is 2.36. The van der Waals surface area contributed by atoms with Crippen molar-refractivity contribution in [1.82, 2.24) is 0 Å². The third kappa shape index (κ3) is 1.82. The van der Waals surface area contributed by atoms with Gasteiger partial charge in [-0.25, -0.2) is 0 Å². The summed E-state index contributed by atoms with van der Waals surface area (Å²) in [6, 6.07) is 11.6. The standard InChI is InChI=1S/C16H14O3/c1-2-19-16(18)13-9-14(17)15-11-6-4-3-5-10(11)7-8-12(13)15/h3-8,13H,2,9H2,1H3. The maximum atomic E-state index is 12.2. The third-order valence-corrected chi connectivity index (χ3v) is 3.58. The lowest BCUT2D eigenvalue weighted by atomic mass is 9.97. The number of ether oxygens (including phenoxy) is 1. The number of hydrogen-bond donors (Lipinski definition) is 0. The molecular formula is C16H14O3. The van der Waals surface area contributed by atoms with Gasteiger partial charge in [0.25, 0.3) is 0 Å². The van der Waals surface area contributed by atoms with Crippen LogP contribution in [0.25, 0.3) is 10.8 Å². The SMILES string of the molecule is CCOC(=O)C1CC(=O)c2c1ccc1ccccc21. The van der Waals surface area contributed by atoms with Gasteiger partial charge in [0.15, 0.2) is 5.78 Å². The van der Waals surface area contributed by atoms with Crippen LogP contribution in [0.5, 0.6) is 0 Å². The number of fused-ring (bicyclic) bond motifs is 3. The van der Waals surface area contributed by atoms with Crippen molar-refractivity contribution in [3.63, 3.8) is 0 Å². The van der Waals surface area contributed by atoms with Crippen molar-refractivity contribution in [2.24, 2.45) is 0 Å². The zero-order chi connectivity index (χ0) is 13.4. The van der Waals surface area contributed by atoms with Crippen LogP contribution in [-0.2, 0) is 9.53 Å². The van der Waals surface area contributed by atoms with E-state index in [1.807, 2.05) is 36.4 Å². The number of rotatable bonds is 2. The molecule has 3 rings (SSSR count). The molecule has 0 heterocycles. The van der Waals surface area contributed by atoms with Crippen LogP contribution in [0.15, 0.2) is 36.4 Å². The summed E-state index contributed by atoms with van der Waals surface area (Å²) in [7, 11) is 0. The van der Waals surface area contributed by atoms with Crippen molar-refractivity contribution in [3.8, 4) is 0 Å². The van der Waals surface area contributed by atoms with E-state index in [4.69, 9.17) is 4.74 Å². The highest BCUT2D eigenvalue weighted by molar-refractivity contribution is 6.14. The van der Waals surface area contributed by atoms with Crippen LogP contribution in [0, 0.1) is 0 Å². The fourth-order valence-corrected chi connectivity index (χ4v) is 2.74. The molecule has 0 spiro atoms. The second-order valence-electron chi connectivity index (χ2n) is 4.68. The summed E-state index contributed by atoms with van der Waals surface area (Å²) < 4.78 is 5.05. The molecule has 0 saturated heterocycles. The van der Waals surface area contributed by atoms with Gasteiger partial charge in [-0.1, -0.05) is 36.4 Å². The molecule has 0 fully saturated rings. The van der Waals surface area contributed by atoms with Crippen LogP contribution in [0.3, 0.4) is 0 Å².